The van der Waals surface area contributed by atoms with Gasteiger partial charge in [0.2, 0.25) is 15.9 Å². The maximum atomic E-state index is 12.7. The van der Waals surface area contributed by atoms with E-state index in [4.69, 9.17) is 0 Å². The average Bonchev–Trinajstić information content (AvgIpc) is 2.96. The molecule has 2 saturated heterocycles. The van der Waals surface area contributed by atoms with E-state index in [2.05, 4.69) is 5.32 Å². The summed E-state index contributed by atoms with van der Waals surface area (Å²) < 4.78 is 49.9. The van der Waals surface area contributed by atoms with Gasteiger partial charge in [-0.3, -0.25) is 4.79 Å². The van der Waals surface area contributed by atoms with E-state index in [-0.39, 0.29) is 22.3 Å². The molecule has 2 aliphatic heterocycles. The summed E-state index contributed by atoms with van der Waals surface area (Å²) in [5.41, 5.74) is 0.368. The van der Waals surface area contributed by atoms with Crippen molar-refractivity contribution in [2.75, 3.05) is 29.9 Å². The van der Waals surface area contributed by atoms with Crippen LogP contribution in [0.15, 0.2) is 29.2 Å². The van der Waals surface area contributed by atoms with Crippen molar-refractivity contribution in [1.82, 2.24) is 4.31 Å². The first-order chi connectivity index (χ1) is 11.8. The molecule has 1 atom stereocenters. The molecule has 0 unspecified atom stereocenters. The summed E-state index contributed by atoms with van der Waals surface area (Å²) in [5.74, 6) is -1.08. The van der Waals surface area contributed by atoms with Crippen molar-refractivity contribution < 1.29 is 21.6 Å². The molecule has 2 aliphatic rings. The number of nitrogens with zero attached hydrogens (tertiary/aromatic N) is 1. The zero-order chi connectivity index (χ0) is 18.1. The van der Waals surface area contributed by atoms with Crippen LogP contribution in [-0.4, -0.2) is 51.6 Å². The van der Waals surface area contributed by atoms with Crippen molar-refractivity contribution in [1.29, 1.82) is 0 Å². The van der Waals surface area contributed by atoms with E-state index in [9.17, 15) is 21.6 Å². The molecule has 9 heteroatoms. The smallest absolute Gasteiger partial charge is 0.243 e. The SMILES string of the molecule is O=C(Nc1cccc(S(=O)(=O)N2CCCCC2)c1)[C@@H]1CCS(=O)(=O)C1. The summed E-state index contributed by atoms with van der Waals surface area (Å²) in [6.07, 6.45) is 3.05. The molecule has 0 saturated carbocycles. The zero-order valence-corrected chi connectivity index (χ0v) is 15.5. The number of sulfone groups is 1. The van der Waals surface area contributed by atoms with Crippen LogP contribution in [0.25, 0.3) is 0 Å². The lowest BCUT2D eigenvalue weighted by molar-refractivity contribution is -0.119. The predicted octanol–water partition coefficient (Wildman–Crippen LogP) is 1.23. The second-order valence-corrected chi connectivity index (χ2v) is 10.7. The summed E-state index contributed by atoms with van der Waals surface area (Å²) in [6, 6.07) is 6.14. The highest BCUT2D eigenvalue weighted by Crippen LogP contribution is 2.24. The molecule has 1 amide bonds. The molecule has 7 nitrogen and oxygen atoms in total. The standard InChI is InChI=1S/C16H22N2O5S2/c19-16(13-7-10-24(20,21)12-13)17-14-5-4-6-15(11-14)25(22,23)18-8-2-1-3-9-18/h4-6,11,13H,1-3,7-10,12H2,(H,17,19)/t13-/m1/s1. The van der Waals surface area contributed by atoms with E-state index >= 15 is 0 Å². The first-order valence-electron chi connectivity index (χ1n) is 8.39. The predicted molar refractivity (Wildman–Crippen MR) is 94.4 cm³/mol. The van der Waals surface area contributed by atoms with Gasteiger partial charge in [0, 0.05) is 18.8 Å². The molecular formula is C16H22N2O5S2. The Morgan fingerprint density at radius 1 is 1.16 bits per heavy atom. The van der Waals surface area contributed by atoms with Crippen molar-refractivity contribution in [2.45, 2.75) is 30.6 Å². The van der Waals surface area contributed by atoms with Gasteiger partial charge in [-0.1, -0.05) is 12.5 Å². The number of amides is 1. The normalized spacial score (nSPS) is 24.1. The maximum absolute atomic E-state index is 12.7. The van der Waals surface area contributed by atoms with Crippen molar-refractivity contribution in [2.24, 2.45) is 5.92 Å². The van der Waals surface area contributed by atoms with Crippen LogP contribution in [0, 0.1) is 5.92 Å². The van der Waals surface area contributed by atoms with Crippen molar-refractivity contribution in [3.8, 4) is 0 Å². The van der Waals surface area contributed by atoms with Gasteiger partial charge in [-0.05, 0) is 37.5 Å². The number of anilines is 1. The van der Waals surface area contributed by atoms with Crippen LogP contribution in [0.2, 0.25) is 0 Å². The topological polar surface area (TPSA) is 101 Å². The third-order valence-corrected chi connectivity index (χ3v) is 8.32. The van der Waals surface area contributed by atoms with E-state index in [1.807, 2.05) is 0 Å². The average molecular weight is 386 g/mol. The van der Waals surface area contributed by atoms with Gasteiger partial charge in [0.25, 0.3) is 0 Å². The van der Waals surface area contributed by atoms with Gasteiger partial charge in [0.15, 0.2) is 9.84 Å². The number of nitrogens with one attached hydrogen (secondary N) is 1. The van der Waals surface area contributed by atoms with E-state index in [0.717, 1.165) is 19.3 Å². The highest BCUT2D eigenvalue weighted by atomic mass is 32.2. The van der Waals surface area contributed by atoms with Gasteiger partial charge in [0.05, 0.1) is 22.3 Å². The fourth-order valence-electron chi connectivity index (χ4n) is 3.23. The van der Waals surface area contributed by atoms with E-state index in [1.54, 1.807) is 12.1 Å². The highest BCUT2D eigenvalue weighted by Gasteiger charge is 2.33. The highest BCUT2D eigenvalue weighted by molar-refractivity contribution is 7.91. The lowest BCUT2D eigenvalue weighted by Crippen LogP contribution is -2.35. The summed E-state index contributed by atoms with van der Waals surface area (Å²) in [6.45, 7) is 1.03. The van der Waals surface area contributed by atoms with Crippen LogP contribution in [0.1, 0.15) is 25.7 Å². The number of hydrogen-bond acceptors (Lipinski definition) is 5. The molecule has 0 aliphatic carbocycles. The van der Waals surface area contributed by atoms with Gasteiger partial charge in [-0.15, -0.1) is 0 Å². The monoisotopic (exact) mass is 386 g/mol. The Bertz CT molecular complexity index is 858. The number of carbonyl (C=O) groups excluding carboxylic acids is 1. The van der Waals surface area contributed by atoms with Crippen LogP contribution >= 0.6 is 0 Å². The quantitative estimate of drug-likeness (QED) is 0.839. The van der Waals surface area contributed by atoms with Crippen LogP contribution in [0.5, 0.6) is 0 Å². The zero-order valence-electron chi connectivity index (χ0n) is 13.8. The minimum Gasteiger partial charge on any atom is -0.326 e. The molecule has 138 valence electrons. The minimum absolute atomic E-state index is 0.0223. The molecule has 1 aromatic rings. The van der Waals surface area contributed by atoms with Crippen LogP contribution in [0.3, 0.4) is 0 Å². The summed E-state index contributed by atoms with van der Waals surface area (Å²) >= 11 is 0. The molecule has 2 fully saturated rings. The molecule has 3 rings (SSSR count). The van der Waals surface area contributed by atoms with Crippen molar-refractivity contribution in [3.05, 3.63) is 24.3 Å². The minimum atomic E-state index is -3.57. The van der Waals surface area contributed by atoms with Gasteiger partial charge in [-0.25, -0.2) is 16.8 Å². The number of hydrogen-bond donors (Lipinski definition) is 1. The molecule has 0 bridgehead atoms. The third kappa shape index (κ3) is 4.21. The number of benzene rings is 1. The Labute approximate surface area is 148 Å². The van der Waals surface area contributed by atoms with E-state index < -0.39 is 25.8 Å². The molecule has 2 heterocycles. The Kier molecular flexibility index (Phi) is 5.17. The van der Waals surface area contributed by atoms with Gasteiger partial charge in [0.1, 0.15) is 0 Å². The third-order valence-electron chi connectivity index (χ3n) is 4.66. The first kappa shape index (κ1) is 18.3. The van der Waals surface area contributed by atoms with Gasteiger partial charge >= 0.3 is 0 Å². The molecule has 1 N–H and O–H groups in total. The van der Waals surface area contributed by atoms with Crippen LogP contribution < -0.4 is 5.32 Å². The maximum Gasteiger partial charge on any atom is 0.243 e. The van der Waals surface area contributed by atoms with Crippen LogP contribution in [0.4, 0.5) is 5.69 Å². The van der Waals surface area contributed by atoms with Gasteiger partial charge in [-0.2, -0.15) is 4.31 Å². The number of rotatable bonds is 4. The van der Waals surface area contributed by atoms with Gasteiger partial charge < -0.3 is 5.32 Å². The lowest BCUT2D eigenvalue weighted by Gasteiger charge is -2.26. The van der Waals surface area contributed by atoms with Crippen molar-refractivity contribution >= 4 is 31.5 Å². The second kappa shape index (κ2) is 7.05. The fourth-order valence-corrected chi connectivity index (χ4v) is 6.54. The molecule has 1 aromatic carbocycles. The number of carbonyl (C=O) groups is 1. The lowest BCUT2D eigenvalue weighted by atomic mass is 10.1. The Morgan fingerprint density at radius 2 is 1.88 bits per heavy atom. The Balaban J connectivity index is 1.74. The first-order valence-corrected chi connectivity index (χ1v) is 11.7. The Morgan fingerprint density at radius 3 is 2.52 bits per heavy atom. The van der Waals surface area contributed by atoms with Crippen LogP contribution in [-0.2, 0) is 24.7 Å². The summed E-state index contributed by atoms with van der Waals surface area (Å²) in [7, 11) is -6.71. The summed E-state index contributed by atoms with van der Waals surface area (Å²) in [4.78, 5) is 12.4. The molecular weight excluding hydrogens is 364 g/mol. The second-order valence-electron chi connectivity index (χ2n) is 6.58. The van der Waals surface area contributed by atoms with E-state index in [1.165, 1.54) is 16.4 Å². The number of sulfonamides is 1. The molecule has 0 aromatic heterocycles. The molecule has 0 radical (unpaired) electrons. The fraction of sp³-hybridized carbons (Fsp3) is 0.562. The molecule has 0 spiro atoms. The Hall–Kier alpha value is -1.45. The van der Waals surface area contributed by atoms with Crippen molar-refractivity contribution in [3.63, 3.8) is 0 Å². The largest absolute Gasteiger partial charge is 0.326 e. The number of piperidine rings is 1. The summed E-state index contributed by atoms with van der Waals surface area (Å²) in [5, 5.41) is 2.65. The molecule has 25 heavy (non-hydrogen) atoms. The van der Waals surface area contributed by atoms with E-state index in [0.29, 0.717) is 25.2 Å².